The van der Waals surface area contributed by atoms with Crippen LogP contribution >= 0.6 is 0 Å². The third-order valence-corrected chi connectivity index (χ3v) is 4.17. The fraction of sp³-hybridized carbons (Fsp3) is 0.333. The molecule has 3 rings (SSSR count). The topological polar surface area (TPSA) is 68.2 Å². The zero-order chi connectivity index (χ0) is 16.4. The number of benzene rings is 2. The van der Waals surface area contributed by atoms with Crippen LogP contribution in [0.5, 0.6) is 17.2 Å². The zero-order valence-electron chi connectivity index (χ0n) is 13.2. The lowest BCUT2D eigenvalue weighted by atomic mass is 9.84. The Morgan fingerprint density at radius 2 is 1.74 bits per heavy atom. The van der Waals surface area contributed by atoms with Gasteiger partial charge in [-0.3, -0.25) is 0 Å². The molecule has 5 nitrogen and oxygen atoms in total. The van der Waals surface area contributed by atoms with Crippen LogP contribution in [0.15, 0.2) is 42.5 Å². The van der Waals surface area contributed by atoms with Gasteiger partial charge in [-0.25, -0.2) is 0 Å². The smallest absolute Gasteiger partial charge is 0.133 e. The van der Waals surface area contributed by atoms with Gasteiger partial charge in [0.1, 0.15) is 35.6 Å². The number of rotatable bonds is 4. The molecule has 1 aliphatic rings. The molecule has 0 radical (unpaired) electrons. The van der Waals surface area contributed by atoms with Crippen molar-refractivity contribution in [2.75, 3.05) is 20.8 Å². The van der Waals surface area contributed by atoms with Crippen LogP contribution in [0.1, 0.15) is 17.2 Å². The van der Waals surface area contributed by atoms with Crippen molar-refractivity contribution in [2.45, 2.75) is 18.1 Å². The van der Waals surface area contributed by atoms with E-state index in [0.29, 0.717) is 17.1 Å². The first-order chi connectivity index (χ1) is 11.1. The second-order valence-corrected chi connectivity index (χ2v) is 5.72. The number of ether oxygens (including phenoxy) is 3. The molecule has 0 unspecified atom stereocenters. The maximum absolute atomic E-state index is 10.9. The highest BCUT2D eigenvalue weighted by atomic mass is 16.5. The minimum absolute atomic E-state index is 0.0142. The third kappa shape index (κ3) is 2.98. The van der Waals surface area contributed by atoms with Crippen molar-refractivity contribution in [2.24, 2.45) is 0 Å². The molecule has 0 saturated carbocycles. The van der Waals surface area contributed by atoms with Crippen LogP contribution in [0.4, 0.5) is 0 Å². The number of hydrogen-bond donors (Lipinski definition) is 2. The van der Waals surface area contributed by atoms with E-state index in [9.17, 15) is 10.2 Å². The van der Waals surface area contributed by atoms with Crippen LogP contribution in [0, 0.1) is 0 Å². The SMILES string of the molecule is COc1ccc(C[C@@]2(O)COc3cc(OC)ccc3[C@H]2O)cc1. The van der Waals surface area contributed by atoms with Crippen molar-refractivity contribution in [3.63, 3.8) is 0 Å². The molecule has 2 aromatic carbocycles. The van der Waals surface area contributed by atoms with Gasteiger partial charge in [0.2, 0.25) is 0 Å². The Morgan fingerprint density at radius 3 is 2.39 bits per heavy atom. The lowest BCUT2D eigenvalue weighted by molar-refractivity contribution is -0.114. The lowest BCUT2D eigenvalue weighted by Gasteiger charge is -2.38. The molecule has 2 aromatic rings. The van der Waals surface area contributed by atoms with Crippen LogP contribution in [-0.2, 0) is 6.42 Å². The van der Waals surface area contributed by atoms with Gasteiger partial charge in [0.05, 0.1) is 14.2 Å². The quantitative estimate of drug-likeness (QED) is 0.904. The number of methoxy groups -OCH3 is 2. The average Bonchev–Trinajstić information content (AvgIpc) is 2.59. The highest BCUT2D eigenvalue weighted by molar-refractivity contribution is 5.45. The van der Waals surface area contributed by atoms with Gasteiger partial charge < -0.3 is 24.4 Å². The Kier molecular flexibility index (Phi) is 4.15. The fourth-order valence-electron chi connectivity index (χ4n) is 2.81. The first-order valence-corrected chi connectivity index (χ1v) is 7.40. The Balaban J connectivity index is 1.84. The molecule has 23 heavy (non-hydrogen) atoms. The van der Waals surface area contributed by atoms with Gasteiger partial charge in [0.15, 0.2) is 0 Å². The molecule has 0 bridgehead atoms. The number of fused-ring (bicyclic) bond motifs is 1. The summed E-state index contributed by atoms with van der Waals surface area (Å²) < 4.78 is 15.9. The number of aliphatic hydroxyl groups excluding tert-OH is 1. The van der Waals surface area contributed by atoms with E-state index in [0.717, 1.165) is 11.3 Å². The maximum atomic E-state index is 10.9. The van der Waals surface area contributed by atoms with Crippen molar-refractivity contribution in [3.05, 3.63) is 53.6 Å². The predicted octanol–water partition coefficient (Wildman–Crippen LogP) is 2.10. The summed E-state index contributed by atoms with van der Waals surface area (Å²) in [6, 6.07) is 12.6. The van der Waals surface area contributed by atoms with Crippen LogP contribution < -0.4 is 14.2 Å². The van der Waals surface area contributed by atoms with Gasteiger partial charge >= 0.3 is 0 Å². The van der Waals surface area contributed by atoms with E-state index < -0.39 is 11.7 Å². The highest BCUT2D eigenvalue weighted by Gasteiger charge is 2.42. The van der Waals surface area contributed by atoms with Gasteiger partial charge in [-0.2, -0.15) is 0 Å². The monoisotopic (exact) mass is 316 g/mol. The van der Waals surface area contributed by atoms with Crippen LogP contribution in [0.2, 0.25) is 0 Å². The Hall–Kier alpha value is -2.24. The van der Waals surface area contributed by atoms with Crippen molar-refractivity contribution >= 4 is 0 Å². The molecule has 0 spiro atoms. The molecule has 1 heterocycles. The minimum Gasteiger partial charge on any atom is -0.497 e. The molecule has 5 heteroatoms. The largest absolute Gasteiger partial charge is 0.497 e. The van der Waals surface area contributed by atoms with E-state index in [1.165, 1.54) is 0 Å². The van der Waals surface area contributed by atoms with Crippen LogP contribution in [0.3, 0.4) is 0 Å². The standard InChI is InChI=1S/C18H20O5/c1-21-13-5-3-12(4-6-13)10-18(20)11-23-16-9-14(22-2)7-8-15(16)17(18)19/h3-9,17,19-20H,10-11H2,1-2H3/t17-,18-/m1/s1. The molecule has 2 N–H and O–H groups in total. The summed E-state index contributed by atoms with van der Waals surface area (Å²) in [5.41, 5.74) is 0.0804. The van der Waals surface area contributed by atoms with E-state index in [2.05, 4.69) is 0 Å². The predicted molar refractivity (Wildman–Crippen MR) is 85.1 cm³/mol. The lowest BCUT2D eigenvalue weighted by Crippen LogP contribution is -2.47. The maximum Gasteiger partial charge on any atom is 0.133 e. The van der Waals surface area contributed by atoms with Crippen molar-refractivity contribution in [3.8, 4) is 17.2 Å². The molecule has 0 aromatic heterocycles. The molecule has 0 fully saturated rings. The van der Waals surface area contributed by atoms with Gasteiger partial charge in [-0.05, 0) is 29.8 Å². The van der Waals surface area contributed by atoms with E-state index in [1.54, 1.807) is 32.4 Å². The van der Waals surface area contributed by atoms with E-state index in [4.69, 9.17) is 14.2 Å². The summed E-state index contributed by atoms with van der Waals surface area (Å²) in [6.45, 7) is 0.0142. The fourth-order valence-corrected chi connectivity index (χ4v) is 2.81. The van der Waals surface area contributed by atoms with Crippen LogP contribution in [-0.4, -0.2) is 36.6 Å². The molecular formula is C18H20O5. The highest BCUT2D eigenvalue weighted by Crippen LogP contribution is 2.41. The van der Waals surface area contributed by atoms with Crippen molar-refractivity contribution in [1.82, 2.24) is 0 Å². The molecule has 0 amide bonds. The molecule has 0 aliphatic carbocycles. The summed E-state index contributed by atoms with van der Waals surface area (Å²) in [6.07, 6.45) is -0.747. The van der Waals surface area contributed by atoms with Gasteiger partial charge in [-0.1, -0.05) is 12.1 Å². The number of aliphatic hydroxyl groups is 2. The van der Waals surface area contributed by atoms with Gasteiger partial charge in [0.25, 0.3) is 0 Å². The molecule has 2 atom stereocenters. The Morgan fingerprint density at radius 1 is 1.09 bits per heavy atom. The Bertz CT molecular complexity index is 682. The van der Waals surface area contributed by atoms with E-state index in [-0.39, 0.29) is 13.0 Å². The van der Waals surface area contributed by atoms with Crippen molar-refractivity contribution in [1.29, 1.82) is 0 Å². The first-order valence-electron chi connectivity index (χ1n) is 7.40. The zero-order valence-corrected chi connectivity index (χ0v) is 13.2. The second-order valence-electron chi connectivity index (χ2n) is 5.72. The normalized spacial score (nSPS) is 22.9. The summed E-state index contributed by atoms with van der Waals surface area (Å²) in [4.78, 5) is 0. The first kappa shape index (κ1) is 15.6. The average molecular weight is 316 g/mol. The van der Waals surface area contributed by atoms with Gasteiger partial charge in [-0.15, -0.1) is 0 Å². The summed E-state index contributed by atoms with van der Waals surface area (Å²) in [5.74, 6) is 1.94. The second kappa shape index (κ2) is 6.10. The minimum atomic E-state index is -1.38. The molecular weight excluding hydrogens is 296 g/mol. The van der Waals surface area contributed by atoms with Gasteiger partial charge in [0, 0.05) is 18.1 Å². The van der Waals surface area contributed by atoms with Crippen LogP contribution in [0.25, 0.3) is 0 Å². The number of hydrogen-bond acceptors (Lipinski definition) is 5. The van der Waals surface area contributed by atoms with Crippen molar-refractivity contribution < 1.29 is 24.4 Å². The molecule has 1 aliphatic heterocycles. The third-order valence-electron chi connectivity index (χ3n) is 4.17. The molecule has 0 saturated heterocycles. The summed E-state index contributed by atoms with van der Waals surface area (Å²) in [7, 11) is 3.17. The molecule has 122 valence electrons. The summed E-state index contributed by atoms with van der Waals surface area (Å²) >= 11 is 0. The summed E-state index contributed by atoms with van der Waals surface area (Å²) in [5, 5.41) is 21.5. The van der Waals surface area contributed by atoms with E-state index >= 15 is 0 Å². The Labute approximate surface area is 135 Å². The van der Waals surface area contributed by atoms with E-state index in [1.807, 2.05) is 24.3 Å².